The maximum Gasteiger partial charge on any atom is 0.418 e. The monoisotopic (exact) mass is 727 g/mol. The molecular weight excluding hydrogens is 687 g/mol. The number of pyridine rings is 1. The number of aromatic nitrogens is 3. The molecular formula is C36H41ClF3N7O4. The van der Waals surface area contributed by atoms with Crippen LogP contribution in [0.1, 0.15) is 49.3 Å². The summed E-state index contributed by atoms with van der Waals surface area (Å²) in [5, 5.41) is 0.601. The fraction of sp³-hybridized carbons (Fsp3) is 0.500. The molecule has 51 heavy (non-hydrogen) atoms. The third kappa shape index (κ3) is 7.31. The van der Waals surface area contributed by atoms with E-state index in [1.54, 1.807) is 20.6 Å². The number of ether oxygens (including phenoxy) is 1. The number of H-pyrrole nitrogens is 1. The number of piperidine rings is 1. The zero-order valence-electron chi connectivity index (χ0n) is 28.1. The van der Waals surface area contributed by atoms with Crippen molar-refractivity contribution in [3.05, 3.63) is 69.2 Å². The summed E-state index contributed by atoms with van der Waals surface area (Å²) in [4.78, 5) is 54.4. The van der Waals surface area contributed by atoms with Crippen molar-refractivity contribution >= 4 is 51.0 Å². The van der Waals surface area contributed by atoms with E-state index < -0.39 is 23.3 Å². The molecule has 1 unspecified atom stereocenters. The van der Waals surface area contributed by atoms with Crippen molar-refractivity contribution in [1.29, 1.82) is 0 Å². The van der Waals surface area contributed by atoms with E-state index in [4.69, 9.17) is 22.1 Å². The van der Waals surface area contributed by atoms with E-state index >= 15 is 0 Å². The van der Waals surface area contributed by atoms with Crippen LogP contribution in [-0.2, 0) is 26.9 Å². The fourth-order valence-electron chi connectivity index (χ4n) is 7.97. The number of alkyl halides is 3. The molecule has 11 nitrogen and oxygen atoms in total. The Bertz CT molecular complexity index is 1980. The number of fused-ring (bicyclic) bond motifs is 3. The SMILES string of the molecule is Nc1c(Cl)cc(CC(CC(=O)N2CCC(n3c(=O)[nH]c4c5ccccc5ncc43)CC2)C(=O)N2CCN(C3CCOCC3)CC2)cc1C(F)(F)F. The summed E-state index contributed by atoms with van der Waals surface area (Å²) in [6, 6.07) is 10.1. The van der Waals surface area contributed by atoms with Gasteiger partial charge in [-0.3, -0.25) is 24.0 Å². The minimum Gasteiger partial charge on any atom is -0.397 e. The molecule has 2 aromatic carbocycles. The number of piperazine rings is 1. The Labute approximate surface area is 297 Å². The van der Waals surface area contributed by atoms with Crippen molar-refractivity contribution in [2.75, 3.05) is 58.2 Å². The summed E-state index contributed by atoms with van der Waals surface area (Å²) in [6.45, 7) is 4.42. The number of benzene rings is 2. The highest BCUT2D eigenvalue weighted by Gasteiger charge is 2.37. The number of hydrogen-bond acceptors (Lipinski definition) is 7. The van der Waals surface area contributed by atoms with Gasteiger partial charge in [-0.2, -0.15) is 13.2 Å². The van der Waals surface area contributed by atoms with Gasteiger partial charge < -0.3 is 25.3 Å². The van der Waals surface area contributed by atoms with E-state index in [9.17, 15) is 27.6 Å². The number of likely N-dealkylation sites (tertiary alicyclic amines) is 1. The van der Waals surface area contributed by atoms with Gasteiger partial charge >= 0.3 is 11.9 Å². The van der Waals surface area contributed by atoms with Crippen molar-refractivity contribution in [2.24, 2.45) is 5.92 Å². The maximum atomic E-state index is 14.1. The van der Waals surface area contributed by atoms with Crippen LogP contribution in [0.4, 0.5) is 18.9 Å². The van der Waals surface area contributed by atoms with Gasteiger partial charge in [0.15, 0.2) is 0 Å². The van der Waals surface area contributed by atoms with Crippen molar-refractivity contribution in [3.8, 4) is 0 Å². The molecule has 3 aliphatic heterocycles. The van der Waals surface area contributed by atoms with Crippen LogP contribution in [-0.4, -0.2) is 99.6 Å². The van der Waals surface area contributed by atoms with Crippen molar-refractivity contribution < 1.29 is 27.5 Å². The zero-order valence-corrected chi connectivity index (χ0v) is 28.9. The Hall–Kier alpha value is -4.14. The third-order valence-corrected chi connectivity index (χ3v) is 11.0. The van der Waals surface area contributed by atoms with Crippen LogP contribution in [0, 0.1) is 5.92 Å². The molecule has 272 valence electrons. The van der Waals surface area contributed by atoms with Crippen molar-refractivity contribution in [2.45, 2.75) is 56.8 Å². The number of rotatable bonds is 7. The predicted octanol–water partition coefficient (Wildman–Crippen LogP) is 4.87. The minimum absolute atomic E-state index is 0.101. The highest BCUT2D eigenvalue weighted by Crippen LogP contribution is 2.39. The number of nitrogens with two attached hydrogens (primary N) is 1. The molecule has 3 aliphatic rings. The molecule has 0 bridgehead atoms. The smallest absolute Gasteiger partial charge is 0.397 e. The largest absolute Gasteiger partial charge is 0.418 e. The normalized spacial score (nSPS) is 19.2. The first-order valence-corrected chi connectivity index (χ1v) is 17.9. The summed E-state index contributed by atoms with van der Waals surface area (Å²) in [5.41, 5.74) is 6.19. The Morgan fingerprint density at radius 2 is 1.69 bits per heavy atom. The second-order valence-electron chi connectivity index (χ2n) is 13.8. The number of anilines is 1. The number of aromatic amines is 1. The molecule has 3 N–H and O–H groups in total. The van der Waals surface area contributed by atoms with Crippen LogP contribution >= 0.6 is 11.6 Å². The van der Waals surface area contributed by atoms with Gasteiger partial charge in [-0.25, -0.2) is 4.79 Å². The van der Waals surface area contributed by atoms with E-state index in [1.807, 2.05) is 24.3 Å². The molecule has 5 heterocycles. The molecule has 1 atom stereocenters. The molecule has 2 amide bonds. The number of nitrogens with one attached hydrogen (secondary N) is 1. The Morgan fingerprint density at radius 1 is 0.980 bits per heavy atom. The summed E-state index contributed by atoms with van der Waals surface area (Å²) >= 11 is 6.15. The number of carbonyl (C=O) groups excluding carboxylic acids is 2. The van der Waals surface area contributed by atoms with Gasteiger partial charge in [0, 0.05) is 76.4 Å². The standard InChI is InChI=1S/C36H41ClF3N7O4/c37-28-19-22(18-27(32(28)41)36(38,39)40)17-23(34(49)46-13-11-44(12-14-46)24-7-15-51-16-8-24)20-31(48)45-9-5-25(6-10-45)47-30-21-42-29-4-2-1-3-26(29)33(30)43-35(47)50/h1-4,18-19,21,23-25H,5-17,20,41H2,(H,43,50). The first-order valence-electron chi connectivity index (χ1n) is 17.5. The molecule has 7 rings (SSSR count). The maximum absolute atomic E-state index is 14.1. The average Bonchev–Trinajstić information content (AvgIpc) is 3.48. The van der Waals surface area contributed by atoms with Crippen molar-refractivity contribution in [1.82, 2.24) is 29.2 Å². The topological polar surface area (TPSA) is 130 Å². The van der Waals surface area contributed by atoms with Gasteiger partial charge in [0.05, 0.1) is 44.9 Å². The molecule has 15 heteroatoms. The van der Waals surface area contributed by atoms with Gasteiger partial charge in [-0.15, -0.1) is 0 Å². The van der Waals surface area contributed by atoms with E-state index in [-0.39, 0.29) is 47.0 Å². The van der Waals surface area contributed by atoms with Gasteiger partial charge in [0.25, 0.3) is 0 Å². The first kappa shape index (κ1) is 35.3. The lowest BCUT2D eigenvalue weighted by Gasteiger charge is -2.41. The molecule has 0 radical (unpaired) electrons. The van der Waals surface area contributed by atoms with E-state index in [0.29, 0.717) is 76.9 Å². The predicted molar refractivity (Wildman–Crippen MR) is 187 cm³/mol. The molecule has 2 aromatic heterocycles. The lowest BCUT2D eigenvalue weighted by Crippen LogP contribution is -2.54. The van der Waals surface area contributed by atoms with Crippen LogP contribution in [0.15, 0.2) is 47.4 Å². The zero-order chi connectivity index (χ0) is 35.9. The molecule has 0 saturated carbocycles. The molecule has 0 aliphatic carbocycles. The molecule has 0 spiro atoms. The summed E-state index contributed by atoms with van der Waals surface area (Å²) in [7, 11) is 0. The Morgan fingerprint density at radius 3 is 2.39 bits per heavy atom. The average molecular weight is 728 g/mol. The second-order valence-corrected chi connectivity index (χ2v) is 14.2. The van der Waals surface area contributed by atoms with E-state index in [0.717, 1.165) is 35.3 Å². The second kappa shape index (κ2) is 14.5. The Balaban J connectivity index is 1.07. The van der Waals surface area contributed by atoms with Crippen LogP contribution in [0.2, 0.25) is 5.02 Å². The molecule has 3 fully saturated rings. The fourth-order valence-corrected chi connectivity index (χ4v) is 8.21. The summed E-state index contributed by atoms with van der Waals surface area (Å²) in [5.74, 6) is -1.43. The van der Waals surface area contributed by atoms with Crippen LogP contribution in [0.3, 0.4) is 0 Å². The highest BCUT2D eigenvalue weighted by molar-refractivity contribution is 6.33. The molecule has 4 aromatic rings. The van der Waals surface area contributed by atoms with E-state index in [1.165, 1.54) is 6.07 Å². The number of nitrogens with zero attached hydrogens (tertiary/aromatic N) is 5. The van der Waals surface area contributed by atoms with Crippen LogP contribution in [0.25, 0.3) is 21.9 Å². The number of carbonyl (C=O) groups is 2. The molecule has 3 saturated heterocycles. The minimum atomic E-state index is -4.74. The number of hydrogen-bond donors (Lipinski definition) is 2. The van der Waals surface area contributed by atoms with Crippen LogP contribution in [0.5, 0.6) is 0 Å². The lowest BCUT2D eigenvalue weighted by atomic mass is 9.91. The number of nitrogen functional groups attached to an aromatic ring is 1. The van der Waals surface area contributed by atoms with Gasteiger partial charge in [-0.05, 0) is 55.9 Å². The summed E-state index contributed by atoms with van der Waals surface area (Å²) < 4.78 is 48.7. The highest BCUT2D eigenvalue weighted by atomic mass is 35.5. The number of amides is 2. The number of para-hydroxylation sites is 1. The first-order chi connectivity index (χ1) is 24.5. The number of halogens is 4. The lowest BCUT2D eigenvalue weighted by molar-refractivity contribution is -0.143. The van der Waals surface area contributed by atoms with Gasteiger partial charge in [0.1, 0.15) is 0 Å². The van der Waals surface area contributed by atoms with Crippen LogP contribution < -0.4 is 11.4 Å². The van der Waals surface area contributed by atoms with Gasteiger partial charge in [0.2, 0.25) is 11.8 Å². The third-order valence-electron chi connectivity index (χ3n) is 10.7. The quantitative estimate of drug-likeness (QED) is 0.260. The van der Waals surface area contributed by atoms with Gasteiger partial charge in [-0.1, -0.05) is 29.8 Å². The Kier molecular flexibility index (Phi) is 10.0. The number of imidazole rings is 1. The van der Waals surface area contributed by atoms with E-state index in [2.05, 4.69) is 14.9 Å². The van der Waals surface area contributed by atoms with Crippen molar-refractivity contribution in [3.63, 3.8) is 0 Å². The summed E-state index contributed by atoms with van der Waals surface area (Å²) in [6.07, 6.45) is -0.415.